The normalized spacial score (nSPS) is 29.4. The number of aliphatic hydroxyl groups is 1. The molecule has 2 aliphatic heterocycles. The molecule has 0 bridgehead atoms. The first-order valence-corrected chi connectivity index (χ1v) is 12.2. The number of phenols is 1. The number of likely N-dealkylation sites (tertiary alicyclic amines) is 1. The van der Waals surface area contributed by atoms with Crippen LogP contribution in [0.25, 0.3) is 0 Å². The van der Waals surface area contributed by atoms with Gasteiger partial charge in [-0.25, -0.2) is 9.59 Å². The van der Waals surface area contributed by atoms with E-state index in [4.69, 9.17) is 18.9 Å². The van der Waals surface area contributed by atoms with E-state index in [0.29, 0.717) is 18.5 Å². The second-order valence-corrected chi connectivity index (χ2v) is 10.0. The van der Waals surface area contributed by atoms with Crippen molar-refractivity contribution in [3.05, 3.63) is 35.1 Å². The minimum absolute atomic E-state index is 0.0417. The third kappa shape index (κ3) is 4.08. The van der Waals surface area contributed by atoms with E-state index in [0.717, 1.165) is 19.4 Å². The topological polar surface area (TPSA) is 169 Å². The summed E-state index contributed by atoms with van der Waals surface area (Å²) in [4.78, 5) is 50.2. The summed E-state index contributed by atoms with van der Waals surface area (Å²) < 4.78 is 21.4. The molecule has 1 aromatic carbocycles. The lowest BCUT2D eigenvalue weighted by Gasteiger charge is -2.58. The Morgan fingerprint density at radius 3 is 2.37 bits per heavy atom. The second-order valence-electron chi connectivity index (χ2n) is 10.0. The summed E-state index contributed by atoms with van der Waals surface area (Å²) in [5.74, 6) is -5.06. The Bertz CT molecular complexity index is 1230. The molecule has 0 aromatic heterocycles. The van der Waals surface area contributed by atoms with Crippen LogP contribution in [-0.2, 0) is 38.8 Å². The number of carboxylic acids is 1. The number of piperidine rings is 1. The van der Waals surface area contributed by atoms with E-state index >= 15 is 0 Å². The molecule has 0 radical (unpaired) electrons. The lowest BCUT2D eigenvalue weighted by molar-refractivity contribution is -0.189. The molecule has 3 aliphatic rings. The number of aliphatic carboxylic acids is 1. The monoisotopic (exact) mass is 533 g/mol. The molecular formula is C26H31NO11. The van der Waals surface area contributed by atoms with Gasteiger partial charge in [-0.3, -0.25) is 9.59 Å². The van der Waals surface area contributed by atoms with Crippen LogP contribution in [0.2, 0.25) is 0 Å². The van der Waals surface area contributed by atoms with Crippen molar-refractivity contribution in [2.45, 2.75) is 75.9 Å². The Labute approximate surface area is 218 Å². The first-order valence-electron chi connectivity index (χ1n) is 12.2. The molecule has 1 aliphatic carbocycles. The summed E-state index contributed by atoms with van der Waals surface area (Å²) in [5, 5.41) is 32.4. The number of phenolic OH excluding ortho intramolecular Hbond substituents is 1. The first kappa shape index (κ1) is 27.4. The minimum Gasteiger partial charge on any atom is -0.504 e. The average molecular weight is 534 g/mol. The highest BCUT2D eigenvalue weighted by molar-refractivity contribution is 5.88. The van der Waals surface area contributed by atoms with Gasteiger partial charge < -0.3 is 39.2 Å². The van der Waals surface area contributed by atoms with Crippen molar-refractivity contribution < 1.29 is 53.4 Å². The predicted molar refractivity (Wildman–Crippen MR) is 128 cm³/mol. The number of likely N-dealkylation sites (N-methyl/N-ethyl adjacent to an activating group) is 1. The van der Waals surface area contributed by atoms with Gasteiger partial charge in [0.05, 0.1) is 11.0 Å². The number of esters is 3. The van der Waals surface area contributed by atoms with Crippen LogP contribution in [0.3, 0.4) is 0 Å². The first-order chi connectivity index (χ1) is 17.7. The fraction of sp³-hybridized carbons (Fsp3) is 0.538. The van der Waals surface area contributed by atoms with E-state index in [-0.39, 0.29) is 29.7 Å². The van der Waals surface area contributed by atoms with Crippen molar-refractivity contribution in [3.63, 3.8) is 0 Å². The van der Waals surface area contributed by atoms with Crippen molar-refractivity contribution in [2.24, 2.45) is 0 Å². The molecule has 12 heteroatoms. The zero-order chi connectivity index (χ0) is 28.2. The maximum Gasteiger partial charge on any atom is 0.357 e. The van der Waals surface area contributed by atoms with Crippen LogP contribution in [0.15, 0.2) is 24.0 Å². The van der Waals surface area contributed by atoms with Crippen molar-refractivity contribution in [3.8, 4) is 11.5 Å². The van der Waals surface area contributed by atoms with Gasteiger partial charge in [0, 0.05) is 31.9 Å². The van der Waals surface area contributed by atoms with Crippen molar-refractivity contribution >= 4 is 23.9 Å². The van der Waals surface area contributed by atoms with Gasteiger partial charge in [-0.15, -0.1) is 0 Å². The van der Waals surface area contributed by atoms with Gasteiger partial charge in [-0.05, 0) is 51.6 Å². The number of aromatic hydroxyl groups is 1. The van der Waals surface area contributed by atoms with Crippen LogP contribution < -0.4 is 4.74 Å². The highest BCUT2D eigenvalue weighted by atomic mass is 16.6. The molecule has 1 spiro atoms. The van der Waals surface area contributed by atoms with Gasteiger partial charge in [0.25, 0.3) is 0 Å². The van der Waals surface area contributed by atoms with Crippen LogP contribution in [0.4, 0.5) is 0 Å². The lowest BCUT2D eigenvalue weighted by Crippen LogP contribution is -2.71. The molecule has 4 rings (SSSR count). The maximum atomic E-state index is 13.3. The highest BCUT2D eigenvalue weighted by Crippen LogP contribution is 2.62. The number of hydrogen-bond donors (Lipinski definition) is 3. The Kier molecular flexibility index (Phi) is 6.91. The molecule has 12 nitrogen and oxygen atoms in total. The van der Waals surface area contributed by atoms with Crippen molar-refractivity contribution in [1.29, 1.82) is 0 Å². The van der Waals surface area contributed by atoms with Gasteiger partial charge in [0.1, 0.15) is 5.76 Å². The quantitative estimate of drug-likeness (QED) is 0.350. The second kappa shape index (κ2) is 9.59. The predicted octanol–water partition coefficient (Wildman–Crippen LogP) is 0.933. The summed E-state index contributed by atoms with van der Waals surface area (Å²) in [6, 6.07) is 2.84. The fourth-order valence-corrected chi connectivity index (χ4v) is 6.01. The van der Waals surface area contributed by atoms with Gasteiger partial charge in [0.2, 0.25) is 12.2 Å². The summed E-state index contributed by atoms with van der Waals surface area (Å²) >= 11 is 0. The molecule has 3 N–H and O–H groups in total. The number of ether oxygens (including phenoxy) is 4. The minimum atomic E-state index is -2.16. The van der Waals surface area contributed by atoms with Crippen molar-refractivity contribution in [2.75, 3.05) is 13.6 Å². The zero-order valence-electron chi connectivity index (χ0n) is 21.7. The molecule has 0 saturated carbocycles. The summed E-state index contributed by atoms with van der Waals surface area (Å²) in [7, 11) is 1.89. The largest absolute Gasteiger partial charge is 0.504 e. The molecule has 1 saturated heterocycles. The third-order valence-corrected chi connectivity index (χ3v) is 7.89. The molecular weight excluding hydrogens is 502 g/mol. The Morgan fingerprint density at radius 2 is 1.76 bits per heavy atom. The molecule has 1 fully saturated rings. The summed E-state index contributed by atoms with van der Waals surface area (Å²) in [6.45, 7) is 6.18. The van der Waals surface area contributed by atoms with Crippen LogP contribution in [0.5, 0.6) is 11.5 Å². The van der Waals surface area contributed by atoms with E-state index in [9.17, 15) is 34.5 Å². The third-order valence-electron chi connectivity index (χ3n) is 7.89. The van der Waals surface area contributed by atoms with Gasteiger partial charge in [-0.2, -0.15) is 0 Å². The van der Waals surface area contributed by atoms with Gasteiger partial charge in [0.15, 0.2) is 17.6 Å². The summed E-state index contributed by atoms with van der Waals surface area (Å²) in [5.41, 5.74) is -1.14. The average Bonchev–Trinajstić information content (AvgIpc) is 3.20. The number of benzene rings is 1. The number of rotatable bonds is 6. The lowest BCUT2D eigenvalue weighted by atomic mass is 9.54. The van der Waals surface area contributed by atoms with Crippen LogP contribution >= 0.6 is 0 Å². The SMILES string of the molecule is CC(=O)O[C@@H](C(=O)O)[C@@H](OC(C)=O)C(=O)OC1=CC[C@@]2(O)[C@@H](C)N(C)CCC23c2c(C)ccc(O)c2OC13. The number of hydrogen-bond acceptors (Lipinski definition) is 11. The molecule has 2 heterocycles. The van der Waals surface area contributed by atoms with Crippen LogP contribution in [-0.4, -0.2) is 87.6 Å². The van der Waals surface area contributed by atoms with E-state index in [1.165, 1.54) is 12.1 Å². The van der Waals surface area contributed by atoms with Crippen LogP contribution in [0, 0.1) is 6.92 Å². The van der Waals surface area contributed by atoms with Crippen molar-refractivity contribution in [1.82, 2.24) is 4.90 Å². The number of carbonyl (C=O) groups excluding carboxylic acids is 3. The molecule has 206 valence electrons. The van der Waals surface area contributed by atoms with Gasteiger partial charge >= 0.3 is 23.9 Å². The molecule has 38 heavy (non-hydrogen) atoms. The van der Waals surface area contributed by atoms with E-state index < -0.39 is 53.2 Å². The van der Waals surface area contributed by atoms with Gasteiger partial charge in [-0.1, -0.05) is 6.07 Å². The van der Waals surface area contributed by atoms with Crippen LogP contribution in [0.1, 0.15) is 44.7 Å². The molecule has 2 unspecified atom stereocenters. The number of carboxylic acid groups (broad SMARTS) is 1. The number of nitrogens with zero attached hydrogens (tertiary/aromatic N) is 1. The Balaban J connectivity index is 1.78. The Morgan fingerprint density at radius 1 is 1.13 bits per heavy atom. The summed E-state index contributed by atoms with van der Waals surface area (Å²) in [6.07, 6.45) is -3.43. The van der Waals surface area contributed by atoms with E-state index in [1.807, 2.05) is 25.8 Å². The smallest absolute Gasteiger partial charge is 0.357 e. The maximum absolute atomic E-state index is 13.3. The number of carbonyl (C=O) groups is 4. The Hall–Kier alpha value is -3.64. The fourth-order valence-electron chi connectivity index (χ4n) is 6.01. The molecule has 0 amide bonds. The number of fused-ring (bicyclic) bond motifs is 1. The van der Waals surface area contributed by atoms with E-state index in [2.05, 4.69) is 0 Å². The molecule has 1 aromatic rings. The number of aryl methyl sites for hydroxylation is 1. The molecule has 6 atom stereocenters. The zero-order valence-corrected chi connectivity index (χ0v) is 21.7. The van der Waals surface area contributed by atoms with E-state index in [1.54, 1.807) is 6.07 Å². The standard InChI is InChI=1S/C26H31NO11/c1-12-6-7-16(30)19-18(12)25-10-11-27(5)13(2)26(25,34)9-8-17(22(25)38-19)37-24(33)21(36-15(4)29)20(23(31)32)35-14(3)28/h6-8,13,20-22,30,34H,9-11H2,1-5H3,(H,31,32)/t13-,20-,21-,22?,25?,26-/m1/s1. The highest BCUT2D eigenvalue weighted by Gasteiger charge is 2.69.